The van der Waals surface area contributed by atoms with Crippen molar-refractivity contribution >= 4 is 46.6 Å². The number of carbonyl (C=O) groups excluding carboxylic acids is 1. The van der Waals surface area contributed by atoms with Crippen molar-refractivity contribution in [3.63, 3.8) is 0 Å². The highest BCUT2D eigenvalue weighted by Gasteiger charge is 2.15. The van der Waals surface area contributed by atoms with Gasteiger partial charge in [-0.25, -0.2) is 0 Å². The van der Waals surface area contributed by atoms with Gasteiger partial charge in [-0.15, -0.1) is 10.2 Å². The Balaban J connectivity index is 1.65. The van der Waals surface area contributed by atoms with Crippen molar-refractivity contribution in [1.29, 1.82) is 0 Å². The molecule has 1 N–H and O–H groups in total. The van der Waals surface area contributed by atoms with E-state index in [0.29, 0.717) is 27.3 Å². The maximum Gasteiger partial charge on any atom is 0.234 e. The summed E-state index contributed by atoms with van der Waals surface area (Å²) in [5.41, 5.74) is 1.65. The summed E-state index contributed by atoms with van der Waals surface area (Å²) in [6.45, 7) is 2.77. The molecule has 0 bridgehead atoms. The van der Waals surface area contributed by atoms with Crippen LogP contribution in [0, 0.1) is 0 Å². The first-order valence-electron chi connectivity index (χ1n) is 8.38. The number of nitrogens with one attached hydrogen (secondary N) is 1. The van der Waals surface area contributed by atoms with E-state index in [-0.39, 0.29) is 11.7 Å². The van der Waals surface area contributed by atoms with Gasteiger partial charge in [0, 0.05) is 31.9 Å². The molecular weight excluding hydrogens is 405 g/mol. The van der Waals surface area contributed by atoms with E-state index in [0.717, 1.165) is 18.1 Å². The number of thioether (sulfide) groups is 1. The van der Waals surface area contributed by atoms with Gasteiger partial charge in [0.05, 0.1) is 21.5 Å². The van der Waals surface area contributed by atoms with E-state index in [1.807, 2.05) is 30.8 Å². The molecule has 3 rings (SSSR count). The smallest absolute Gasteiger partial charge is 0.234 e. The van der Waals surface area contributed by atoms with Crippen molar-refractivity contribution < 1.29 is 4.79 Å². The lowest BCUT2D eigenvalue weighted by Crippen LogP contribution is -2.15. The van der Waals surface area contributed by atoms with E-state index in [1.165, 1.54) is 11.8 Å². The van der Waals surface area contributed by atoms with Gasteiger partial charge < -0.3 is 14.5 Å². The quantitative estimate of drug-likeness (QED) is 0.576. The predicted molar refractivity (Wildman–Crippen MR) is 110 cm³/mol. The van der Waals surface area contributed by atoms with Gasteiger partial charge in [0.1, 0.15) is 5.82 Å². The van der Waals surface area contributed by atoms with Crippen LogP contribution in [0.15, 0.2) is 41.7 Å². The summed E-state index contributed by atoms with van der Waals surface area (Å²) in [5, 5.41) is 12.8. The van der Waals surface area contributed by atoms with E-state index in [1.54, 1.807) is 18.2 Å². The zero-order valence-corrected chi connectivity index (χ0v) is 17.3. The molecule has 0 radical (unpaired) electrons. The highest BCUT2D eigenvalue weighted by molar-refractivity contribution is 7.99. The average Bonchev–Trinajstić information content (AvgIpc) is 3.23. The van der Waals surface area contributed by atoms with Gasteiger partial charge in [0.25, 0.3) is 0 Å². The highest BCUT2D eigenvalue weighted by Crippen LogP contribution is 2.29. The molecule has 142 valence electrons. The minimum atomic E-state index is -0.182. The molecule has 0 aliphatic carbocycles. The molecular formula is C18H19Cl2N5OS. The first-order chi connectivity index (χ1) is 13.0. The largest absolute Gasteiger partial charge is 0.354 e. The number of benzene rings is 1. The monoisotopic (exact) mass is 423 g/mol. The molecule has 0 saturated carbocycles. The molecule has 2 aromatic heterocycles. The van der Waals surface area contributed by atoms with Crippen LogP contribution in [0.4, 0.5) is 5.69 Å². The van der Waals surface area contributed by atoms with Crippen molar-refractivity contribution in [3.8, 4) is 0 Å². The topological polar surface area (TPSA) is 64.7 Å². The maximum absolute atomic E-state index is 12.3. The molecule has 0 aliphatic heterocycles. The molecule has 1 aromatic carbocycles. The van der Waals surface area contributed by atoms with Gasteiger partial charge in [0.15, 0.2) is 5.16 Å². The van der Waals surface area contributed by atoms with Crippen LogP contribution in [0.3, 0.4) is 0 Å². The summed E-state index contributed by atoms with van der Waals surface area (Å²) in [5.74, 6) is 0.893. The number of aryl methyl sites for hydroxylation is 1. The van der Waals surface area contributed by atoms with E-state index in [2.05, 4.69) is 26.1 Å². The molecule has 0 aliphatic rings. The lowest BCUT2D eigenvalue weighted by molar-refractivity contribution is -0.113. The molecule has 0 atom stereocenters. The summed E-state index contributed by atoms with van der Waals surface area (Å²) >= 11 is 13.4. The fourth-order valence-electron chi connectivity index (χ4n) is 2.63. The lowest BCUT2D eigenvalue weighted by Gasteiger charge is -2.09. The number of halogens is 2. The standard InChI is InChI=1S/C18H19Cl2N5OS/c1-3-25-15(10-12-6-5-9-24(12)2)22-23-18(25)27-11-16(26)21-14-8-4-7-13(19)17(14)20/h4-9H,3,10-11H2,1-2H3,(H,21,26). The van der Waals surface area contributed by atoms with Crippen molar-refractivity contribution in [2.45, 2.75) is 25.0 Å². The number of aromatic nitrogens is 4. The third kappa shape index (κ3) is 4.66. The Morgan fingerprint density at radius 3 is 2.74 bits per heavy atom. The SMILES string of the molecule is CCn1c(Cc2cccn2C)nnc1SCC(=O)Nc1cccc(Cl)c1Cl. The van der Waals surface area contributed by atoms with Crippen molar-refractivity contribution in [1.82, 2.24) is 19.3 Å². The molecule has 9 heteroatoms. The van der Waals surface area contributed by atoms with Gasteiger partial charge in [-0.1, -0.05) is 41.0 Å². The van der Waals surface area contributed by atoms with Crippen LogP contribution < -0.4 is 5.32 Å². The number of hydrogen-bond donors (Lipinski definition) is 1. The highest BCUT2D eigenvalue weighted by atomic mass is 35.5. The number of hydrogen-bond acceptors (Lipinski definition) is 4. The van der Waals surface area contributed by atoms with E-state index >= 15 is 0 Å². The van der Waals surface area contributed by atoms with Gasteiger partial charge in [0.2, 0.25) is 5.91 Å². The average molecular weight is 424 g/mol. The summed E-state index contributed by atoms with van der Waals surface area (Å²) < 4.78 is 4.08. The molecule has 0 saturated heterocycles. The van der Waals surface area contributed by atoms with Crippen molar-refractivity contribution in [2.75, 3.05) is 11.1 Å². The third-order valence-electron chi connectivity index (χ3n) is 4.06. The maximum atomic E-state index is 12.3. The van der Waals surface area contributed by atoms with Crippen molar-refractivity contribution in [2.24, 2.45) is 7.05 Å². The Kier molecular flexibility index (Phi) is 6.46. The van der Waals surface area contributed by atoms with Gasteiger partial charge in [-0.2, -0.15) is 0 Å². The zero-order valence-electron chi connectivity index (χ0n) is 14.9. The first kappa shape index (κ1) is 19.8. The van der Waals surface area contributed by atoms with Crippen LogP contribution in [0.5, 0.6) is 0 Å². The molecule has 2 heterocycles. The van der Waals surface area contributed by atoms with E-state index in [9.17, 15) is 4.79 Å². The molecule has 0 unspecified atom stereocenters. The summed E-state index contributed by atoms with van der Waals surface area (Å²) in [6, 6.07) is 9.18. The minimum absolute atomic E-state index is 0.182. The molecule has 27 heavy (non-hydrogen) atoms. The third-order valence-corrected chi connectivity index (χ3v) is 5.84. The Hall–Kier alpha value is -1.96. The molecule has 0 fully saturated rings. The molecule has 6 nitrogen and oxygen atoms in total. The van der Waals surface area contributed by atoms with Crippen LogP contribution in [-0.2, 0) is 24.8 Å². The normalized spacial score (nSPS) is 11.0. The second-order valence-corrected chi connectivity index (χ2v) is 7.60. The fourth-order valence-corrected chi connectivity index (χ4v) is 3.80. The fraction of sp³-hybridized carbons (Fsp3) is 0.278. The summed E-state index contributed by atoms with van der Waals surface area (Å²) in [7, 11) is 2.00. The molecule has 1 amide bonds. The van der Waals surface area contributed by atoms with Crippen LogP contribution in [0.25, 0.3) is 0 Å². The van der Waals surface area contributed by atoms with Gasteiger partial charge in [-0.05, 0) is 31.2 Å². The van der Waals surface area contributed by atoms with Crippen LogP contribution >= 0.6 is 35.0 Å². The molecule has 0 spiro atoms. The van der Waals surface area contributed by atoms with Gasteiger partial charge >= 0.3 is 0 Å². The van der Waals surface area contributed by atoms with Crippen molar-refractivity contribution in [3.05, 3.63) is 58.1 Å². The van der Waals surface area contributed by atoms with Crippen LogP contribution in [-0.4, -0.2) is 31.0 Å². The number of rotatable bonds is 7. The van der Waals surface area contributed by atoms with E-state index in [4.69, 9.17) is 23.2 Å². The number of carbonyl (C=O) groups is 1. The number of nitrogens with zero attached hydrogens (tertiary/aromatic N) is 4. The Bertz CT molecular complexity index is 953. The number of anilines is 1. The first-order valence-corrected chi connectivity index (χ1v) is 10.1. The second kappa shape index (κ2) is 8.82. The van der Waals surface area contributed by atoms with Crippen LogP contribution in [0.2, 0.25) is 10.0 Å². The Morgan fingerprint density at radius 2 is 2.04 bits per heavy atom. The van der Waals surface area contributed by atoms with E-state index < -0.39 is 0 Å². The summed E-state index contributed by atoms with van der Waals surface area (Å²) in [6.07, 6.45) is 2.69. The minimum Gasteiger partial charge on any atom is -0.354 e. The lowest BCUT2D eigenvalue weighted by atomic mass is 10.3. The Labute approximate surface area is 171 Å². The second-order valence-electron chi connectivity index (χ2n) is 5.87. The predicted octanol–water partition coefficient (Wildman–Crippen LogP) is 4.26. The Morgan fingerprint density at radius 1 is 1.22 bits per heavy atom. The zero-order chi connectivity index (χ0) is 19.4. The molecule has 3 aromatic rings. The number of amides is 1. The van der Waals surface area contributed by atoms with Gasteiger partial charge in [-0.3, -0.25) is 4.79 Å². The van der Waals surface area contributed by atoms with Crippen LogP contribution in [0.1, 0.15) is 18.4 Å². The summed E-state index contributed by atoms with van der Waals surface area (Å²) in [4.78, 5) is 12.3.